The van der Waals surface area contributed by atoms with Gasteiger partial charge in [0.25, 0.3) is 6.47 Å². The van der Waals surface area contributed by atoms with Crippen LogP contribution >= 0.6 is 0 Å². The standard InChI is InChI=1S/C16H20N2O4/c1-12-9-15(20)18(16(12)21)8-2-7-17-14-5-3-13(4-6-14)10-22-11-19/h3-6,11-12,17H,2,7-10H2,1H3. The van der Waals surface area contributed by atoms with Crippen molar-refractivity contribution in [1.82, 2.24) is 4.90 Å². The van der Waals surface area contributed by atoms with Gasteiger partial charge in [0, 0.05) is 31.1 Å². The highest BCUT2D eigenvalue weighted by molar-refractivity contribution is 6.03. The van der Waals surface area contributed by atoms with E-state index in [4.69, 9.17) is 0 Å². The zero-order valence-electron chi connectivity index (χ0n) is 12.6. The highest BCUT2D eigenvalue weighted by Gasteiger charge is 2.34. The van der Waals surface area contributed by atoms with Gasteiger partial charge < -0.3 is 10.1 Å². The summed E-state index contributed by atoms with van der Waals surface area (Å²) in [7, 11) is 0. The largest absolute Gasteiger partial charge is 0.463 e. The summed E-state index contributed by atoms with van der Waals surface area (Å²) >= 11 is 0. The van der Waals surface area contributed by atoms with Crippen LogP contribution in [0.3, 0.4) is 0 Å². The second-order valence-electron chi connectivity index (χ2n) is 5.37. The van der Waals surface area contributed by atoms with Crippen molar-refractivity contribution in [3.05, 3.63) is 29.8 Å². The van der Waals surface area contributed by atoms with Crippen LogP contribution in [-0.2, 0) is 25.7 Å². The van der Waals surface area contributed by atoms with Crippen molar-refractivity contribution in [2.45, 2.75) is 26.4 Å². The van der Waals surface area contributed by atoms with Crippen LogP contribution in [0.25, 0.3) is 0 Å². The maximum absolute atomic E-state index is 11.8. The SMILES string of the molecule is CC1CC(=O)N(CCCNc2ccc(COC=O)cc2)C1=O. The Morgan fingerprint density at radius 3 is 2.64 bits per heavy atom. The summed E-state index contributed by atoms with van der Waals surface area (Å²) in [6, 6.07) is 7.55. The molecule has 0 aromatic heterocycles. The first-order valence-corrected chi connectivity index (χ1v) is 7.34. The number of anilines is 1. The summed E-state index contributed by atoms with van der Waals surface area (Å²) in [5.41, 5.74) is 1.86. The smallest absolute Gasteiger partial charge is 0.293 e. The highest BCUT2D eigenvalue weighted by atomic mass is 16.5. The van der Waals surface area contributed by atoms with Crippen molar-refractivity contribution in [1.29, 1.82) is 0 Å². The van der Waals surface area contributed by atoms with Gasteiger partial charge in [0.2, 0.25) is 11.8 Å². The predicted molar refractivity (Wildman–Crippen MR) is 80.9 cm³/mol. The number of hydrogen-bond acceptors (Lipinski definition) is 5. The molecule has 22 heavy (non-hydrogen) atoms. The first kappa shape index (κ1) is 16.0. The van der Waals surface area contributed by atoms with Crippen molar-refractivity contribution >= 4 is 24.0 Å². The van der Waals surface area contributed by atoms with Crippen LogP contribution in [0.5, 0.6) is 0 Å². The Bertz CT molecular complexity index is 542. The van der Waals surface area contributed by atoms with Gasteiger partial charge in [-0.2, -0.15) is 0 Å². The van der Waals surface area contributed by atoms with Crippen LogP contribution in [0.15, 0.2) is 24.3 Å². The van der Waals surface area contributed by atoms with E-state index in [1.807, 2.05) is 24.3 Å². The van der Waals surface area contributed by atoms with E-state index in [1.54, 1.807) is 6.92 Å². The van der Waals surface area contributed by atoms with Crippen molar-refractivity contribution in [2.75, 3.05) is 18.4 Å². The fourth-order valence-corrected chi connectivity index (χ4v) is 2.40. The first-order valence-electron chi connectivity index (χ1n) is 7.34. The molecule has 1 unspecified atom stereocenters. The van der Waals surface area contributed by atoms with Gasteiger partial charge in [-0.25, -0.2) is 0 Å². The zero-order valence-corrected chi connectivity index (χ0v) is 12.6. The Balaban J connectivity index is 1.71. The van der Waals surface area contributed by atoms with E-state index in [1.165, 1.54) is 4.90 Å². The van der Waals surface area contributed by atoms with E-state index in [0.717, 1.165) is 11.3 Å². The number of imide groups is 1. The fourth-order valence-electron chi connectivity index (χ4n) is 2.40. The van der Waals surface area contributed by atoms with E-state index in [2.05, 4.69) is 10.1 Å². The maximum Gasteiger partial charge on any atom is 0.293 e. The van der Waals surface area contributed by atoms with Gasteiger partial charge in [0.1, 0.15) is 6.61 Å². The third kappa shape index (κ3) is 4.07. The van der Waals surface area contributed by atoms with E-state index >= 15 is 0 Å². The Labute approximate surface area is 129 Å². The normalized spacial score (nSPS) is 17.7. The topological polar surface area (TPSA) is 75.7 Å². The number of ether oxygens (including phenoxy) is 1. The minimum atomic E-state index is -0.179. The molecule has 1 aliphatic heterocycles. The van der Waals surface area contributed by atoms with Crippen LogP contribution in [-0.4, -0.2) is 36.3 Å². The number of benzene rings is 1. The van der Waals surface area contributed by atoms with Crippen LogP contribution in [0.4, 0.5) is 5.69 Å². The zero-order chi connectivity index (χ0) is 15.9. The molecule has 1 atom stereocenters. The molecule has 118 valence electrons. The molecule has 0 radical (unpaired) electrons. The number of carbonyl (C=O) groups is 3. The minimum Gasteiger partial charge on any atom is -0.463 e. The predicted octanol–water partition coefficient (Wildman–Crippen LogP) is 1.56. The second kappa shape index (κ2) is 7.59. The summed E-state index contributed by atoms with van der Waals surface area (Å²) < 4.78 is 4.67. The lowest BCUT2D eigenvalue weighted by atomic mass is 10.1. The van der Waals surface area contributed by atoms with Gasteiger partial charge in [0.05, 0.1) is 0 Å². The first-order chi connectivity index (χ1) is 10.6. The molecule has 0 aliphatic carbocycles. The Hall–Kier alpha value is -2.37. The molecule has 2 rings (SSSR count). The van der Waals surface area contributed by atoms with Gasteiger partial charge in [0.15, 0.2) is 0 Å². The van der Waals surface area contributed by atoms with Crippen LogP contribution in [0.2, 0.25) is 0 Å². The second-order valence-corrected chi connectivity index (χ2v) is 5.37. The third-order valence-electron chi connectivity index (χ3n) is 3.63. The van der Waals surface area contributed by atoms with Gasteiger partial charge in [-0.3, -0.25) is 19.3 Å². The number of nitrogens with zero attached hydrogens (tertiary/aromatic N) is 1. The number of amides is 2. The Morgan fingerprint density at radius 1 is 1.32 bits per heavy atom. The number of hydrogen-bond donors (Lipinski definition) is 1. The molecular weight excluding hydrogens is 284 g/mol. The molecule has 6 heteroatoms. The minimum absolute atomic E-state index is 0.0652. The number of carbonyl (C=O) groups excluding carboxylic acids is 3. The third-order valence-corrected chi connectivity index (χ3v) is 3.63. The Kier molecular flexibility index (Phi) is 5.52. The molecule has 1 aromatic carbocycles. The summed E-state index contributed by atoms with van der Waals surface area (Å²) in [5.74, 6) is -0.317. The van der Waals surface area contributed by atoms with Crippen molar-refractivity contribution in [2.24, 2.45) is 5.92 Å². The molecule has 1 aromatic rings. The molecule has 2 amide bonds. The average molecular weight is 304 g/mol. The fraction of sp³-hybridized carbons (Fsp3) is 0.438. The van der Waals surface area contributed by atoms with Crippen LogP contribution in [0.1, 0.15) is 25.3 Å². The van der Waals surface area contributed by atoms with Gasteiger partial charge in [-0.1, -0.05) is 19.1 Å². The van der Waals surface area contributed by atoms with Gasteiger partial charge in [-0.05, 0) is 24.1 Å². The van der Waals surface area contributed by atoms with Gasteiger partial charge in [-0.15, -0.1) is 0 Å². The molecule has 0 spiro atoms. The molecule has 1 saturated heterocycles. The lowest BCUT2D eigenvalue weighted by molar-refractivity contribution is -0.139. The molecule has 6 nitrogen and oxygen atoms in total. The van der Waals surface area contributed by atoms with E-state index in [9.17, 15) is 14.4 Å². The number of likely N-dealkylation sites (tertiary alicyclic amines) is 1. The maximum atomic E-state index is 11.8. The van der Waals surface area contributed by atoms with Crippen molar-refractivity contribution < 1.29 is 19.1 Å². The summed E-state index contributed by atoms with van der Waals surface area (Å²) in [4.78, 5) is 34.8. The number of nitrogens with one attached hydrogen (secondary N) is 1. The quantitative estimate of drug-likeness (QED) is 0.448. The molecule has 1 aliphatic rings. The van der Waals surface area contributed by atoms with Crippen molar-refractivity contribution in [3.63, 3.8) is 0 Å². The number of rotatable bonds is 8. The monoisotopic (exact) mass is 304 g/mol. The molecule has 0 saturated carbocycles. The van der Waals surface area contributed by atoms with E-state index in [0.29, 0.717) is 32.4 Å². The summed E-state index contributed by atoms with van der Waals surface area (Å²) in [6.07, 6.45) is 1.04. The lowest BCUT2D eigenvalue weighted by Crippen LogP contribution is -2.32. The van der Waals surface area contributed by atoms with Gasteiger partial charge >= 0.3 is 0 Å². The summed E-state index contributed by atoms with van der Waals surface area (Å²) in [5, 5.41) is 3.23. The van der Waals surface area contributed by atoms with Crippen LogP contribution in [0, 0.1) is 5.92 Å². The molecule has 1 heterocycles. The highest BCUT2D eigenvalue weighted by Crippen LogP contribution is 2.18. The van der Waals surface area contributed by atoms with E-state index in [-0.39, 0.29) is 24.3 Å². The lowest BCUT2D eigenvalue weighted by Gasteiger charge is -2.14. The Morgan fingerprint density at radius 2 is 2.05 bits per heavy atom. The molecule has 0 bridgehead atoms. The molecule has 1 fully saturated rings. The van der Waals surface area contributed by atoms with Crippen molar-refractivity contribution in [3.8, 4) is 0 Å². The van der Waals surface area contributed by atoms with E-state index < -0.39 is 0 Å². The molecular formula is C16H20N2O4. The molecule has 1 N–H and O–H groups in total. The average Bonchev–Trinajstić information content (AvgIpc) is 2.76. The summed E-state index contributed by atoms with van der Waals surface area (Å²) in [6.45, 7) is 3.61. The van der Waals surface area contributed by atoms with Crippen LogP contribution < -0.4 is 5.32 Å².